The zero-order valence-electron chi connectivity index (χ0n) is 9.03. The van der Waals surface area contributed by atoms with Gasteiger partial charge >= 0.3 is 5.97 Å². The summed E-state index contributed by atoms with van der Waals surface area (Å²) in [5.74, 6) is 0.416. The molecular weight excluding hydrogens is 196 g/mol. The third kappa shape index (κ3) is 2.62. The molecule has 1 rings (SSSR count). The molecule has 0 amide bonds. The summed E-state index contributed by atoms with van der Waals surface area (Å²) < 4.78 is 10.3. The van der Waals surface area contributed by atoms with Crippen LogP contribution in [0.2, 0.25) is 0 Å². The van der Waals surface area contributed by atoms with Gasteiger partial charge in [0.15, 0.2) is 0 Å². The van der Waals surface area contributed by atoms with Crippen LogP contribution >= 0.6 is 0 Å². The highest BCUT2D eigenvalue weighted by Crippen LogP contribution is 2.29. The molecule has 0 heterocycles. The normalized spacial score (nSPS) is 9.80. The highest BCUT2D eigenvalue weighted by molar-refractivity contribution is 5.71. The number of hydrogen-bond acceptors (Lipinski definition) is 3. The molecule has 0 aliphatic carbocycles. The summed E-state index contributed by atoms with van der Waals surface area (Å²) in [4.78, 5) is 10.6. The lowest BCUT2D eigenvalue weighted by Gasteiger charge is -2.11. The van der Waals surface area contributed by atoms with E-state index in [4.69, 9.17) is 14.6 Å². The second-order valence-electron chi connectivity index (χ2n) is 3.20. The summed E-state index contributed by atoms with van der Waals surface area (Å²) >= 11 is 0. The maximum Gasteiger partial charge on any atom is 0.307 e. The van der Waals surface area contributed by atoms with Gasteiger partial charge in [0.05, 0.1) is 20.6 Å². The Balaban J connectivity index is 3.14. The lowest BCUT2D eigenvalue weighted by molar-refractivity contribution is -0.136. The summed E-state index contributed by atoms with van der Waals surface area (Å²) in [6.45, 7) is 1.86. The Labute approximate surface area is 88.4 Å². The number of aliphatic carboxylic acids is 1. The predicted molar refractivity (Wildman–Crippen MR) is 55.6 cm³/mol. The molecule has 0 aliphatic heterocycles. The molecule has 0 spiro atoms. The molecule has 0 radical (unpaired) electrons. The van der Waals surface area contributed by atoms with Gasteiger partial charge in [-0.15, -0.1) is 0 Å². The van der Waals surface area contributed by atoms with E-state index in [0.29, 0.717) is 17.1 Å². The van der Waals surface area contributed by atoms with Crippen molar-refractivity contribution in [3.63, 3.8) is 0 Å². The quantitative estimate of drug-likeness (QED) is 0.820. The van der Waals surface area contributed by atoms with Crippen LogP contribution in [0.3, 0.4) is 0 Å². The molecule has 0 unspecified atom stereocenters. The molecule has 1 aromatic rings. The molecule has 0 bridgehead atoms. The fraction of sp³-hybridized carbons (Fsp3) is 0.364. The summed E-state index contributed by atoms with van der Waals surface area (Å²) in [6, 6.07) is 3.43. The van der Waals surface area contributed by atoms with Gasteiger partial charge in [0, 0.05) is 5.56 Å². The van der Waals surface area contributed by atoms with Crippen LogP contribution in [0.15, 0.2) is 12.1 Å². The molecular formula is C11H14O4. The van der Waals surface area contributed by atoms with Crippen molar-refractivity contribution in [3.05, 3.63) is 23.3 Å². The zero-order valence-corrected chi connectivity index (χ0v) is 9.03. The monoisotopic (exact) mass is 210 g/mol. The van der Waals surface area contributed by atoms with Crippen LogP contribution in [0, 0.1) is 6.92 Å². The number of hydrogen-bond donors (Lipinski definition) is 1. The van der Waals surface area contributed by atoms with E-state index in [2.05, 4.69) is 0 Å². The van der Waals surface area contributed by atoms with Gasteiger partial charge in [0.2, 0.25) is 0 Å². The van der Waals surface area contributed by atoms with Crippen molar-refractivity contribution >= 4 is 5.97 Å². The van der Waals surface area contributed by atoms with E-state index in [9.17, 15) is 4.79 Å². The van der Waals surface area contributed by atoms with Crippen molar-refractivity contribution in [1.82, 2.24) is 0 Å². The third-order valence-electron chi connectivity index (χ3n) is 2.17. The molecule has 0 aliphatic rings. The first kappa shape index (κ1) is 11.4. The molecule has 4 heteroatoms. The Morgan fingerprint density at radius 2 is 1.73 bits per heavy atom. The number of carboxylic acid groups (broad SMARTS) is 1. The zero-order chi connectivity index (χ0) is 11.4. The molecule has 0 saturated heterocycles. The minimum atomic E-state index is -0.872. The Hall–Kier alpha value is -1.71. The summed E-state index contributed by atoms with van der Waals surface area (Å²) in [7, 11) is 3.10. The topological polar surface area (TPSA) is 55.8 Å². The Kier molecular flexibility index (Phi) is 3.55. The highest BCUT2D eigenvalue weighted by Gasteiger charge is 2.10. The Bertz CT molecular complexity index is 346. The van der Waals surface area contributed by atoms with Crippen molar-refractivity contribution in [3.8, 4) is 11.5 Å². The molecule has 0 saturated carbocycles. The van der Waals surface area contributed by atoms with Gasteiger partial charge in [-0.25, -0.2) is 0 Å². The number of benzene rings is 1. The molecule has 1 N–H and O–H groups in total. The van der Waals surface area contributed by atoms with Crippen molar-refractivity contribution in [1.29, 1.82) is 0 Å². The molecule has 1 aromatic carbocycles. The molecule has 0 atom stereocenters. The van der Waals surface area contributed by atoms with Crippen LogP contribution in [0.4, 0.5) is 0 Å². The van der Waals surface area contributed by atoms with Gasteiger partial charge in [0.1, 0.15) is 11.5 Å². The van der Waals surface area contributed by atoms with Gasteiger partial charge in [-0.05, 0) is 24.6 Å². The number of carboxylic acids is 1. The molecule has 0 aromatic heterocycles. The Morgan fingerprint density at radius 1 is 1.27 bits per heavy atom. The number of rotatable bonds is 4. The van der Waals surface area contributed by atoms with Crippen molar-refractivity contribution < 1.29 is 19.4 Å². The predicted octanol–water partition coefficient (Wildman–Crippen LogP) is 1.64. The first-order valence-corrected chi connectivity index (χ1v) is 4.51. The minimum Gasteiger partial charge on any atom is -0.496 e. The van der Waals surface area contributed by atoms with Gasteiger partial charge in [-0.2, -0.15) is 0 Å². The molecule has 0 fully saturated rings. The molecule has 82 valence electrons. The second-order valence-corrected chi connectivity index (χ2v) is 3.20. The smallest absolute Gasteiger partial charge is 0.307 e. The van der Waals surface area contributed by atoms with E-state index in [0.717, 1.165) is 5.56 Å². The molecule has 4 nitrogen and oxygen atoms in total. The number of carbonyl (C=O) groups is 1. The van der Waals surface area contributed by atoms with E-state index < -0.39 is 5.97 Å². The van der Waals surface area contributed by atoms with Crippen molar-refractivity contribution in [2.45, 2.75) is 13.3 Å². The SMILES string of the molecule is COc1cc(CC(=O)O)cc(OC)c1C. The van der Waals surface area contributed by atoms with Crippen LogP contribution < -0.4 is 9.47 Å². The van der Waals surface area contributed by atoms with Crippen molar-refractivity contribution in [2.75, 3.05) is 14.2 Å². The lowest BCUT2D eigenvalue weighted by Crippen LogP contribution is -2.02. The van der Waals surface area contributed by atoms with Gasteiger partial charge in [0.25, 0.3) is 0 Å². The maximum atomic E-state index is 10.6. The standard InChI is InChI=1S/C11H14O4/c1-7-9(14-2)4-8(6-11(12)13)5-10(7)15-3/h4-5H,6H2,1-3H3,(H,12,13). The van der Waals surface area contributed by atoms with E-state index >= 15 is 0 Å². The fourth-order valence-corrected chi connectivity index (χ4v) is 1.42. The minimum absolute atomic E-state index is 0.0347. The number of methoxy groups -OCH3 is 2. The van der Waals surface area contributed by atoms with E-state index in [1.807, 2.05) is 6.92 Å². The van der Waals surface area contributed by atoms with Crippen LogP contribution in [-0.2, 0) is 11.2 Å². The Morgan fingerprint density at radius 3 is 2.07 bits per heavy atom. The molecule has 15 heavy (non-hydrogen) atoms. The largest absolute Gasteiger partial charge is 0.496 e. The van der Waals surface area contributed by atoms with E-state index in [1.54, 1.807) is 26.4 Å². The van der Waals surface area contributed by atoms with Gasteiger partial charge in [-0.3, -0.25) is 4.79 Å². The average Bonchev–Trinajstić information content (AvgIpc) is 2.19. The summed E-state index contributed by atoms with van der Waals surface area (Å²) in [5.41, 5.74) is 1.54. The van der Waals surface area contributed by atoms with Crippen LogP contribution in [0.5, 0.6) is 11.5 Å². The van der Waals surface area contributed by atoms with Crippen LogP contribution in [0.1, 0.15) is 11.1 Å². The first-order chi connectivity index (χ1) is 7.08. The maximum absolute atomic E-state index is 10.6. The number of ether oxygens (including phenoxy) is 2. The van der Waals surface area contributed by atoms with Gasteiger partial charge < -0.3 is 14.6 Å². The van der Waals surface area contributed by atoms with Crippen LogP contribution in [0.25, 0.3) is 0 Å². The highest BCUT2D eigenvalue weighted by atomic mass is 16.5. The summed E-state index contributed by atoms with van der Waals surface area (Å²) in [5, 5.41) is 8.68. The fourth-order valence-electron chi connectivity index (χ4n) is 1.42. The van der Waals surface area contributed by atoms with E-state index in [-0.39, 0.29) is 6.42 Å². The van der Waals surface area contributed by atoms with Gasteiger partial charge in [-0.1, -0.05) is 0 Å². The lowest BCUT2D eigenvalue weighted by atomic mass is 10.1. The third-order valence-corrected chi connectivity index (χ3v) is 2.17. The second kappa shape index (κ2) is 4.68. The van der Waals surface area contributed by atoms with Crippen LogP contribution in [-0.4, -0.2) is 25.3 Å². The van der Waals surface area contributed by atoms with E-state index in [1.165, 1.54) is 0 Å². The van der Waals surface area contributed by atoms with Crippen molar-refractivity contribution in [2.24, 2.45) is 0 Å². The average molecular weight is 210 g/mol. The summed E-state index contributed by atoms with van der Waals surface area (Å²) in [6.07, 6.45) is -0.0347. The first-order valence-electron chi connectivity index (χ1n) is 4.51.